The third-order valence-electron chi connectivity index (χ3n) is 3.24. The highest BCUT2D eigenvalue weighted by atomic mass is 16.3. The van der Waals surface area contributed by atoms with Crippen LogP contribution in [0.2, 0.25) is 0 Å². The third kappa shape index (κ3) is 1.99. The number of hydrogen-bond acceptors (Lipinski definition) is 4. The predicted molar refractivity (Wildman–Crippen MR) is 62.9 cm³/mol. The topological polar surface area (TPSA) is 60.2 Å². The minimum Gasteiger partial charge on any atom is -0.468 e. The van der Waals surface area contributed by atoms with E-state index in [4.69, 9.17) is 10.2 Å². The summed E-state index contributed by atoms with van der Waals surface area (Å²) in [6, 6.07) is 2.00. The van der Waals surface area contributed by atoms with Gasteiger partial charge in [0.25, 0.3) is 0 Å². The fraction of sp³-hybridized carbons (Fsp3) is 0.417. The van der Waals surface area contributed by atoms with Crippen LogP contribution in [0.25, 0.3) is 0 Å². The molecule has 17 heavy (non-hydrogen) atoms. The van der Waals surface area contributed by atoms with Crippen molar-refractivity contribution in [1.82, 2.24) is 14.5 Å². The first-order valence-corrected chi connectivity index (χ1v) is 5.84. The number of furan rings is 1. The zero-order chi connectivity index (χ0) is 11.7. The molecule has 3 rings (SSSR count). The van der Waals surface area contributed by atoms with Gasteiger partial charge in [0.05, 0.1) is 19.4 Å². The Labute approximate surface area is 99.8 Å². The van der Waals surface area contributed by atoms with Gasteiger partial charge in [0.2, 0.25) is 0 Å². The number of nitrogens with two attached hydrogens (primary N) is 1. The molecule has 5 heteroatoms. The molecule has 0 saturated carbocycles. The van der Waals surface area contributed by atoms with Gasteiger partial charge >= 0.3 is 0 Å². The fourth-order valence-electron chi connectivity index (χ4n) is 2.29. The quantitative estimate of drug-likeness (QED) is 0.856. The minimum atomic E-state index is 0.463. The monoisotopic (exact) mass is 232 g/mol. The highest BCUT2D eigenvalue weighted by Gasteiger charge is 2.18. The summed E-state index contributed by atoms with van der Waals surface area (Å²) in [4.78, 5) is 6.72. The summed E-state index contributed by atoms with van der Waals surface area (Å²) in [7, 11) is 0. The standard InChI is InChI=1S/C12H16N4O/c13-7-11-10(1-6-17-11)8-15-4-5-16-3-2-14-12(16)9-15/h1-3,6H,4-5,7-9,13H2. The van der Waals surface area contributed by atoms with Crippen molar-refractivity contribution in [2.75, 3.05) is 6.54 Å². The van der Waals surface area contributed by atoms with Crippen LogP contribution in [0.15, 0.2) is 29.1 Å². The van der Waals surface area contributed by atoms with Crippen molar-refractivity contribution < 1.29 is 4.42 Å². The van der Waals surface area contributed by atoms with Crippen molar-refractivity contribution in [2.24, 2.45) is 5.73 Å². The molecule has 90 valence electrons. The molecule has 0 bridgehead atoms. The lowest BCUT2D eigenvalue weighted by atomic mass is 10.2. The molecule has 0 amide bonds. The Hall–Kier alpha value is -1.59. The van der Waals surface area contributed by atoms with Gasteiger partial charge in [0, 0.05) is 37.6 Å². The molecule has 5 nitrogen and oxygen atoms in total. The van der Waals surface area contributed by atoms with Crippen molar-refractivity contribution >= 4 is 0 Å². The lowest BCUT2D eigenvalue weighted by molar-refractivity contribution is 0.207. The van der Waals surface area contributed by atoms with E-state index in [1.54, 1.807) is 6.26 Å². The van der Waals surface area contributed by atoms with Gasteiger partial charge in [-0.1, -0.05) is 0 Å². The second-order valence-corrected chi connectivity index (χ2v) is 4.32. The Morgan fingerprint density at radius 3 is 3.24 bits per heavy atom. The molecule has 0 aliphatic carbocycles. The van der Waals surface area contributed by atoms with E-state index in [0.717, 1.165) is 37.8 Å². The van der Waals surface area contributed by atoms with E-state index >= 15 is 0 Å². The number of fused-ring (bicyclic) bond motifs is 1. The lowest BCUT2D eigenvalue weighted by Gasteiger charge is -2.27. The number of rotatable bonds is 3. The maximum absolute atomic E-state index is 5.63. The second kappa shape index (κ2) is 4.35. The number of aromatic nitrogens is 2. The first-order valence-electron chi connectivity index (χ1n) is 5.84. The van der Waals surface area contributed by atoms with E-state index in [2.05, 4.69) is 14.5 Å². The molecule has 0 aromatic carbocycles. The Morgan fingerprint density at radius 1 is 1.41 bits per heavy atom. The Bertz CT molecular complexity index is 502. The van der Waals surface area contributed by atoms with Crippen LogP contribution in [-0.2, 0) is 26.2 Å². The average Bonchev–Trinajstić information content (AvgIpc) is 2.96. The van der Waals surface area contributed by atoms with E-state index < -0.39 is 0 Å². The van der Waals surface area contributed by atoms with E-state index in [9.17, 15) is 0 Å². The summed E-state index contributed by atoms with van der Waals surface area (Å²) >= 11 is 0. The van der Waals surface area contributed by atoms with Crippen LogP contribution in [0.5, 0.6) is 0 Å². The van der Waals surface area contributed by atoms with Gasteiger partial charge in [-0.3, -0.25) is 4.90 Å². The molecular formula is C12H16N4O. The largest absolute Gasteiger partial charge is 0.468 e. The van der Waals surface area contributed by atoms with Crippen molar-refractivity contribution in [3.63, 3.8) is 0 Å². The molecule has 0 spiro atoms. The van der Waals surface area contributed by atoms with E-state index in [0.29, 0.717) is 6.54 Å². The molecule has 1 aliphatic rings. The van der Waals surface area contributed by atoms with Crippen LogP contribution < -0.4 is 5.73 Å². The smallest absolute Gasteiger partial charge is 0.122 e. The van der Waals surface area contributed by atoms with Crippen molar-refractivity contribution in [3.8, 4) is 0 Å². The lowest BCUT2D eigenvalue weighted by Crippen LogP contribution is -2.33. The summed E-state index contributed by atoms with van der Waals surface area (Å²) in [5.41, 5.74) is 6.82. The molecule has 2 aromatic rings. The molecule has 0 unspecified atom stereocenters. The molecule has 0 atom stereocenters. The number of nitrogens with zero attached hydrogens (tertiary/aromatic N) is 3. The number of hydrogen-bond donors (Lipinski definition) is 1. The molecule has 0 radical (unpaired) electrons. The van der Waals surface area contributed by atoms with Crippen LogP contribution in [0.3, 0.4) is 0 Å². The van der Waals surface area contributed by atoms with Gasteiger partial charge in [-0.2, -0.15) is 0 Å². The molecule has 3 heterocycles. The van der Waals surface area contributed by atoms with Crippen LogP contribution in [0.4, 0.5) is 0 Å². The average molecular weight is 232 g/mol. The molecule has 2 aromatic heterocycles. The Balaban J connectivity index is 1.72. The zero-order valence-electron chi connectivity index (χ0n) is 9.67. The van der Waals surface area contributed by atoms with Gasteiger partial charge in [-0.05, 0) is 6.07 Å². The van der Waals surface area contributed by atoms with Gasteiger partial charge < -0.3 is 14.7 Å². The zero-order valence-corrected chi connectivity index (χ0v) is 9.67. The van der Waals surface area contributed by atoms with Gasteiger partial charge in [0.1, 0.15) is 11.6 Å². The molecule has 2 N–H and O–H groups in total. The maximum Gasteiger partial charge on any atom is 0.122 e. The van der Waals surface area contributed by atoms with Crippen LogP contribution in [0.1, 0.15) is 17.1 Å². The van der Waals surface area contributed by atoms with E-state index in [1.807, 2.05) is 18.5 Å². The van der Waals surface area contributed by atoms with Crippen molar-refractivity contribution in [1.29, 1.82) is 0 Å². The molecule has 0 fully saturated rings. The van der Waals surface area contributed by atoms with Gasteiger partial charge in [-0.15, -0.1) is 0 Å². The fourth-order valence-corrected chi connectivity index (χ4v) is 2.29. The Kier molecular flexibility index (Phi) is 2.70. The second-order valence-electron chi connectivity index (χ2n) is 4.32. The summed E-state index contributed by atoms with van der Waals surface area (Å²) in [6.07, 6.45) is 5.61. The minimum absolute atomic E-state index is 0.463. The van der Waals surface area contributed by atoms with Crippen LogP contribution >= 0.6 is 0 Å². The highest BCUT2D eigenvalue weighted by molar-refractivity contribution is 5.17. The number of imidazole rings is 1. The highest BCUT2D eigenvalue weighted by Crippen LogP contribution is 2.17. The van der Waals surface area contributed by atoms with E-state index in [-0.39, 0.29) is 0 Å². The molecular weight excluding hydrogens is 216 g/mol. The normalized spacial score (nSPS) is 16.1. The van der Waals surface area contributed by atoms with Crippen LogP contribution in [-0.4, -0.2) is 21.0 Å². The first-order chi connectivity index (χ1) is 8.36. The predicted octanol–water partition coefficient (Wildman–Crippen LogP) is 0.951. The summed E-state index contributed by atoms with van der Waals surface area (Å²) < 4.78 is 7.54. The van der Waals surface area contributed by atoms with E-state index in [1.165, 1.54) is 5.56 Å². The van der Waals surface area contributed by atoms with Gasteiger partial charge in [0.15, 0.2) is 0 Å². The Morgan fingerprint density at radius 2 is 2.35 bits per heavy atom. The SMILES string of the molecule is NCc1occc1CN1CCn2ccnc2C1. The van der Waals surface area contributed by atoms with Crippen molar-refractivity contribution in [3.05, 3.63) is 41.9 Å². The van der Waals surface area contributed by atoms with Crippen molar-refractivity contribution in [2.45, 2.75) is 26.2 Å². The maximum atomic E-state index is 5.63. The first kappa shape index (κ1) is 10.6. The molecule has 0 saturated heterocycles. The summed E-state index contributed by atoms with van der Waals surface area (Å²) in [6.45, 7) is 4.28. The summed E-state index contributed by atoms with van der Waals surface area (Å²) in [5.74, 6) is 2.02. The third-order valence-corrected chi connectivity index (χ3v) is 3.24. The van der Waals surface area contributed by atoms with Gasteiger partial charge in [-0.25, -0.2) is 4.98 Å². The molecule has 1 aliphatic heterocycles. The summed E-state index contributed by atoms with van der Waals surface area (Å²) in [5, 5.41) is 0. The van der Waals surface area contributed by atoms with Crippen LogP contribution in [0, 0.1) is 0 Å².